The third kappa shape index (κ3) is 13.4. The normalized spacial score (nSPS) is 26.2. The second-order valence-corrected chi connectivity index (χ2v) is 14.0. The summed E-state index contributed by atoms with van der Waals surface area (Å²) in [6.45, 7) is 11.5. The number of likely N-dealkylation sites (N-methyl/N-ethyl adjacent to an activating group) is 2. The minimum absolute atomic E-state index is 0.0216. The quantitative estimate of drug-likeness (QED) is 0.371. The number of carbonyl (C=O) groups is 7. The topological polar surface area (TPSA) is 181 Å². The molecule has 0 saturated heterocycles. The number of benzene rings is 1. The van der Waals surface area contributed by atoms with E-state index in [2.05, 4.69) is 16.0 Å². The number of carbonyl (C=O) groups excluding carboxylic acids is 7. The third-order valence-corrected chi connectivity index (χ3v) is 8.98. The predicted molar refractivity (Wildman–Crippen MR) is 194 cm³/mol. The monoisotopic (exact) mass is 727 g/mol. The molecule has 5 amide bonds. The van der Waals surface area contributed by atoms with Gasteiger partial charge in [-0.1, -0.05) is 70.5 Å². The maximum Gasteiger partial charge on any atom is 0.334 e. The number of allylic oxidation sites excluding steroid dienone is 1. The van der Waals surface area contributed by atoms with Crippen molar-refractivity contribution in [1.82, 2.24) is 25.8 Å². The van der Waals surface area contributed by atoms with Gasteiger partial charge >= 0.3 is 11.9 Å². The van der Waals surface area contributed by atoms with Gasteiger partial charge in [0.1, 0.15) is 24.2 Å². The molecule has 1 aromatic carbocycles. The Bertz CT molecular complexity index is 1450. The Morgan fingerprint density at radius 2 is 1.50 bits per heavy atom. The molecule has 0 spiro atoms. The SMILES string of the molecule is CCC(C)[C@@H]1NC(=O)CN(C)C(=O)[C@@H](Cc2ccccc2)N(C)C(=O)[C@H](C)NC(=O)[C@@H](CC(C)C)OC(=O)/C(C)=C/CCCOC(=O)[C@@H](C)NC1=O. The Morgan fingerprint density at radius 1 is 0.865 bits per heavy atom. The van der Waals surface area contributed by atoms with Crippen LogP contribution in [0.5, 0.6) is 0 Å². The summed E-state index contributed by atoms with van der Waals surface area (Å²) in [4.78, 5) is 95.9. The van der Waals surface area contributed by atoms with Gasteiger partial charge in [0.15, 0.2) is 6.10 Å². The average Bonchev–Trinajstić information content (AvgIpc) is 3.10. The molecule has 52 heavy (non-hydrogen) atoms. The van der Waals surface area contributed by atoms with Crippen LogP contribution in [-0.4, -0.2) is 109 Å². The molecule has 1 heterocycles. The fourth-order valence-corrected chi connectivity index (χ4v) is 5.53. The highest BCUT2D eigenvalue weighted by atomic mass is 16.5. The molecule has 1 unspecified atom stereocenters. The Hall–Kier alpha value is -4.75. The van der Waals surface area contributed by atoms with Crippen molar-refractivity contribution in [2.75, 3.05) is 27.2 Å². The maximum absolute atomic E-state index is 14.0. The van der Waals surface area contributed by atoms with E-state index in [1.807, 2.05) is 39.0 Å². The molecular weight excluding hydrogens is 670 g/mol. The molecule has 288 valence electrons. The van der Waals surface area contributed by atoms with Crippen LogP contribution in [0.15, 0.2) is 42.0 Å². The van der Waals surface area contributed by atoms with Gasteiger partial charge in [-0.05, 0) is 57.4 Å². The summed E-state index contributed by atoms with van der Waals surface area (Å²) < 4.78 is 10.9. The van der Waals surface area contributed by atoms with Crippen LogP contribution in [0.4, 0.5) is 0 Å². The van der Waals surface area contributed by atoms with Crippen LogP contribution >= 0.6 is 0 Å². The smallest absolute Gasteiger partial charge is 0.334 e. The molecule has 14 heteroatoms. The van der Waals surface area contributed by atoms with Gasteiger partial charge in [-0.25, -0.2) is 9.59 Å². The fourth-order valence-electron chi connectivity index (χ4n) is 5.53. The third-order valence-electron chi connectivity index (χ3n) is 8.98. The molecule has 0 radical (unpaired) electrons. The summed E-state index contributed by atoms with van der Waals surface area (Å²) >= 11 is 0. The first-order chi connectivity index (χ1) is 24.5. The zero-order valence-corrected chi connectivity index (χ0v) is 32.0. The number of ether oxygens (including phenoxy) is 2. The lowest BCUT2D eigenvalue weighted by Crippen LogP contribution is -2.57. The summed E-state index contributed by atoms with van der Waals surface area (Å²) in [6.07, 6.45) is 2.02. The second kappa shape index (κ2) is 20.9. The Labute approximate surface area is 307 Å². The van der Waals surface area contributed by atoms with Gasteiger partial charge in [-0.2, -0.15) is 0 Å². The van der Waals surface area contributed by atoms with Crippen LogP contribution in [0.2, 0.25) is 0 Å². The van der Waals surface area contributed by atoms with E-state index in [0.29, 0.717) is 19.3 Å². The van der Waals surface area contributed by atoms with Crippen LogP contribution in [0, 0.1) is 11.8 Å². The first-order valence-corrected chi connectivity index (χ1v) is 18.0. The van der Waals surface area contributed by atoms with E-state index in [1.54, 1.807) is 32.1 Å². The van der Waals surface area contributed by atoms with Gasteiger partial charge in [-0.3, -0.25) is 24.0 Å². The number of rotatable bonds is 6. The number of amides is 5. The maximum atomic E-state index is 14.0. The Morgan fingerprint density at radius 3 is 2.12 bits per heavy atom. The molecule has 0 fully saturated rings. The molecule has 1 aliphatic rings. The lowest BCUT2D eigenvalue weighted by atomic mass is 9.98. The molecule has 1 aliphatic heterocycles. The van der Waals surface area contributed by atoms with Gasteiger partial charge in [0.2, 0.25) is 23.6 Å². The van der Waals surface area contributed by atoms with Crippen molar-refractivity contribution >= 4 is 41.5 Å². The van der Waals surface area contributed by atoms with Crippen LogP contribution in [-0.2, 0) is 49.5 Å². The zero-order valence-electron chi connectivity index (χ0n) is 32.0. The highest BCUT2D eigenvalue weighted by Gasteiger charge is 2.35. The van der Waals surface area contributed by atoms with Gasteiger partial charge in [0.05, 0.1) is 13.2 Å². The second-order valence-electron chi connectivity index (χ2n) is 14.0. The molecule has 1 aromatic rings. The number of hydrogen-bond donors (Lipinski definition) is 3. The van der Waals surface area contributed by atoms with Crippen LogP contribution < -0.4 is 16.0 Å². The molecule has 14 nitrogen and oxygen atoms in total. The van der Waals surface area contributed by atoms with Crippen molar-refractivity contribution in [3.8, 4) is 0 Å². The van der Waals surface area contributed by atoms with Gasteiger partial charge < -0.3 is 35.2 Å². The molecule has 6 atom stereocenters. The van der Waals surface area contributed by atoms with Crippen molar-refractivity contribution in [1.29, 1.82) is 0 Å². The van der Waals surface area contributed by atoms with Gasteiger partial charge in [-0.15, -0.1) is 0 Å². The Balaban J connectivity index is 2.48. The summed E-state index contributed by atoms with van der Waals surface area (Å²) in [5.74, 6) is -4.68. The minimum atomic E-state index is -1.19. The number of esters is 2. The van der Waals surface area contributed by atoms with Crippen LogP contribution in [0.3, 0.4) is 0 Å². The first kappa shape index (κ1) is 43.4. The molecule has 0 saturated carbocycles. The van der Waals surface area contributed by atoms with Gasteiger partial charge in [0, 0.05) is 26.1 Å². The zero-order chi connectivity index (χ0) is 39.1. The fraction of sp³-hybridized carbons (Fsp3) is 0.605. The van der Waals surface area contributed by atoms with Gasteiger partial charge in [0.25, 0.3) is 5.91 Å². The minimum Gasteiger partial charge on any atom is -0.464 e. The van der Waals surface area contributed by atoms with Crippen molar-refractivity contribution in [3.05, 3.63) is 47.5 Å². The Kier molecular flexibility index (Phi) is 17.5. The highest BCUT2D eigenvalue weighted by Crippen LogP contribution is 2.16. The van der Waals surface area contributed by atoms with Crippen molar-refractivity contribution in [3.63, 3.8) is 0 Å². The number of hydrogen-bond acceptors (Lipinski definition) is 9. The predicted octanol–water partition coefficient (Wildman–Crippen LogP) is 2.30. The number of nitrogens with zero attached hydrogens (tertiary/aromatic N) is 2. The molecule has 3 N–H and O–H groups in total. The average molecular weight is 728 g/mol. The van der Waals surface area contributed by atoms with Crippen molar-refractivity contribution in [2.45, 2.75) is 111 Å². The van der Waals surface area contributed by atoms with E-state index < -0.39 is 78.3 Å². The van der Waals surface area contributed by atoms with Crippen molar-refractivity contribution in [2.24, 2.45) is 11.8 Å². The van der Waals surface area contributed by atoms with E-state index in [-0.39, 0.29) is 36.9 Å². The number of nitrogens with one attached hydrogen (secondary N) is 3. The molecule has 0 aliphatic carbocycles. The van der Waals surface area contributed by atoms with Crippen molar-refractivity contribution < 1.29 is 43.0 Å². The van der Waals surface area contributed by atoms with E-state index in [1.165, 1.54) is 37.7 Å². The molecular formula is C38H57N5O9. The largest absolute Gasteiger partial charge is 0.464 e. The highest BCUT2D eigenvalue weighted by molar-refractivity contribution is 5.96. The van der Waals surface area contributed by atoms with E-state index in [0.717, 1.165) is 5.56 Å². The van der Waals surface area contributed by atoms with E-state index >= 15 is 0 Å². The standard InChI is InChI=1S/C38H57N5O9/c1-10-24(4)32-34(46)40-27(7)38(50)51-19-15-14-16-25(5)37(49)52-30(20-23(2)3)33(45)39-26(6)35(47)43(9)29(21-28-17-12-11-13-18-28)36(48)42(8)22-31(44)41-32/h11-13,16-18,23-24,26-27,29-30,32H,10,14-15,19-22H2,1-9H3,(H,39,45)(H,40,46)(H,41,44)/b25-16+/t24?,26-,27+,29+,30+,32-/m0/s1. The molecule has 0 aromatic heterocycles. The lowest BCUT2D eigenvalue weighted by Gasteiger charge is -2.33. The number of cyclic esters (lactones) is 2. The summed E-state index contributed by atoms with van der Waals surface area (Å²) in [5, 5.41) is 7.98. The first-order valence-electron chi connectivity index (χ1n) is 18.0. The van der Waals surface area contributed by atoms with Crippen LogP contribution in [0.1, 0.15) is 79.7 Å². The molecule has 0 bridgehead atoms. The summed E-state index contributed by atoms with van der Waals surface area (Å²) in [7, 11) is 2.87. The lowest BCUT2D eigenvalue weighted by molar-refractivity contribution is -0.154. The van der Waals surface area contributed by atoms with E-state index in [4.69, 9.17) is 9.47 Å². The van der Waals surface area contributed by atoms with Crippen LogP contribution in [0.25, 0.3) is 0 Å². The molecule has 2 rings (SSSR count). The van der Waals surface area contributed by atoms with E-state index in [9.17, 15) is 33.6 Å². The summed E-state index contributed by atoms with van der Waals surface area (Å²) in [5.41, 5.74) is 1.01. The summed E-state index contributed by atoms with van der Waals surface area (Å²) in [6, 6.07) is 4.86.